The molecule has 0 saturated carbocycles. The zero-order valence-electron chi connectivity index (χ0n) is 8.50. The molecule has 2 aromatic rings. The number of anilines is 1. The summed E-state index contributed by atoms with van der Waals surface area (Å²) in [5.74, 6) is 0.122. The molecule has 2 N–H and O–H groups in total. The Hall–Kier alpha value is -2.21. The Morgan fingerprint density at radius 1 is 1.35 bits per heavy atom. The van der Waals surface area contributed by atoms with Crippen LogP contribution < -0.4 is 5.73 Å². The van der Waals surface area contributed by atoms with Gasteiger partial charge in [-0.15, -0.1) is 0 Å². The number of hydrogen-bond donors (Lipinski definition) is 1. The largest absolute Gasteiger partial charge is 0.368 e. The van der Waals surface area contributed by atoms with E-state index < -0.39 is 4.92 Å². The Balaban J connectivity index is 2.50. The lowest BCUT2D eigenvalue weighted by Gasteiger charge is -2.03. The minimum atomic E-state index is -0.510. The van der Waals surface area contributed by atoms with Gasteiger partial charge in [0.1, 0.15) is 0 Å². The van der Waals surface area contributed by atoms with Crippen molar-refractivity contribution in [1.82, 2.24) is 9.97 Å². The van der Waals surface area contributed by atoms with Crippen molar-refractivity contribution in [3.63, 3.8) is 0 Å². The van der Waals surface area contributed by atoms with Crippen LogP contribution in [-0.4, -0.2) is 14.9 Å². The molecule has 0 fully saturated rings. The summed E-state index contributed by atoms with van der Waals surface area (Å²) < 4.78 is 0. The first-order chi connectivity index (χ1) is 8.08. The topological polar surface area (TPSA) is 94.9 Å². The standard InChI is InChI=1S/C10H7ClN4O2/c11-8-5-6(15(16)17)1-2-7(8)9-3-4-13-10(12)14-9/h1-5H,(H2,12,13,14). The summed E-state index contributed by atoms with van der Waals surface area (Å²) in [6, 6.07) is 5.79. The van der Waals surface area contributed by atoms with Crippen molar-refractivity contribution in [2.75, 3.05) is 5.73 Å². The minimum absolute atomic E-state index is 0.0687. The maximum atomic E-state index is 10.6. The van der Waals surface area contributed by atoms with Crippen LogP contribution in [0.5, 0.6) is 0 Å². The van der Waals surface area contributed by atoms with Crippen LogP contribution in [-0.2, 0) is 0 Å². The van der Waals surface area contributed by atoms with E-state index in [9.17, 15) is 10.1 Å². The van der Waals surface area contributed by atoms with Gasteiger partial charge in [0.15, 0.2) is 0 Å². The molecule has 1 heterocycles. The number of nitrogen functional groups attached to an aromatic ring is 1. The van der Waals surface area contributed by atoms with Crippen molar-refractivity contribution in [3.05, 3.63) is 45.6 Å². The van der Waals surface area contributed by atoms with Crippen molar-refractivity contribution in [2.24, 2.45) is 0 Å². The van der Waals surface area contributed by atoms with Gasteiger partial charge in [0.05, 0.1) is 15.6 Å². The predicted octanol–water partition coefficient (Wildman–Crippen LogP) is 2.29. The van der Waals surface area contributed by atoms with E-state index >= 15 is 0 Å². The predicted molar refractivity (Wildman–Crippen MR) is 63.5 cm³/mol. The van der Waals surface area contributed by atoms with Crippen LogP contribution in [0, 0.1) is 10.1 Å². The van der Waals surface area contributed by atoms with Gasteiger partial charge in [-0.25, -0.2) is 9.97 Å². The van der Waals surface area contributed by atoms with E-state index in [1.807, 2.05) is 0 Å². The molecule has 0 aliphatic carbocycles. The highest BCUT2D eigenvalue weighted by molar-refractivity contribution is 6.33. The Kier molecular flexibility index (Phi) is 2.88. The van der Waals surface area contributed by atoms with Crippen molar-refractivity contribution in [3.8, 4) is 11.3 Å². The number of nitrogens with two attached hydrogens (primary N) is 1. The second-order valence-electron chi connectivity index (χ2n) is 3.22. The van der Waals surface area contributed by atoms with E-state index in [1.54, 1.807) is 6.07 Å². The summed E-state index contributed by atoms with van der Waals surface area (Å²) in [4.78, 5) is 17.8. The second kappa shape index (κ2) is 4.34. The number of halogens is 1. The van der Waals surface area contributed by atoms with Crippen molar-refractivity contribution in [2.45, 2.75) is 0 Å². The molecule has 2 rings (SSSR count). The highest BCUT2D eigenvalue weighted by Crippen LogP contribution is 2.29. The SMILES string of the molecule is Nc1nccc(-c2ccc([N+](=O)[O-])cc2Cl)n1. The van der Waals surface area contributed by atoms with E-state index in [-0.39, 0.29) is 16.7 Å². The van der Waals surface area contributed by atoms with Crippen LogP contribution in [0.4, 0.5) is 11.6 Å². The third-order valence-corrected chi connectivity index (χ3v) is 2.43. The number of benzene rings is 1. The third kappa shape index (κ3) is 2.31. The average molecular weight is 251 g/mol. The number of rotatable bonds is 2. The van der Waals surface area contributed by atoms with Crippen LogP contribution in [0.25, 0.3) is 11.3 Å². The van der Waals surface area contributed by atoms with Gasteiger partial charge < -0.3 is 5.73 Å². The molecule has 7 heteroatoms. The number of non-ortho nitro benzene ring substituents is 1. The Morgan fingerprint density at radius 2 is 2.12 bits per heavy atom. The molecule has 17 heavy (non-hydrogen) atoms. The molecule has 0 aliphatic heterocycles. The highest BCUT2D eigenvalue weighted by Gasteiger charge is 2.11. The van der Waals surface area contributed by atoms with E-state index in [2.05, 4.69) is 9.97 Å². The Labute approximate surface area is 101 Å². The smallest absolute Gasteiger partial charge is 0.270 e. The lowest BCUT2D eigenvalue weighted by molar-refractivity contribution is -0.384. The zero-order valence-corrected chi connectivity index (χ0v) is 9.26. The summed E-state index contributed by atoms with van der Waals surface area (Å²) in [7, 11) is 0. The fraction of sp³-hybridized carbons (Fsp3) is 0. The molecule has 0 bridgehead atoms. The molecule has 0 unspecified atom stereocenters. The van der Waals surface area contributed by atoms with Gasteiger partial charge in [0.2, 0.25) is 5.95 Å². The van der Waals surface area contributed by atoms with Crippen LogP contribution in [0.3, 0.4) is 0 Å². The Bertz CT molecular complexity index is 588. The second-order valence-corrected chi connectivity index (χ2v) is 3.63. The van der Waals surface area contributed by atoms with Gasteiger partial charge in [-0.2, -0.15) is 0 Å². The molecule has 1 aromatic carbocycles. The number of aromatic nitrogens is 2. The monoisotopic (exact) mass is 250 g/mol. The minimum Gasteiger partial charge on any atom is -0.368 e. The van der Waals surface area contributed by atoms with Gasteiger partial charge in [-0.3, -0.25) is 10.1 Å². The van der Waals surface area contributed by atoms with Crippen molar-refractivity contribution in [1.29, 1.82) is 0 Å². The molecule has 86 valence electrons. The number of nitro benzene ring substituents is 1. The summed E-state index contributed by atoms with van der Waals surface area (Å²) in [5.41, 5.74) is 6.48. The number of nitro groups is 1. The number of hydrogen-bond acceptors (Lipinski definition) is 5. The first-order valence-corrected chi connectivity index (χ1v) is 4.98. The molecule has 1 aromatic heterocycles. The maximum Gasteiger partial charge on any atom is 0.270 e. The first-order valence-electron chi connectivity index (χ1n) is 4.61. The lowest BCUT2D eigenvalue weighted by atomic mass is 10.1. The van der Waals surface area contributed by atoms with Gasteiger partial charge in [0.25, 0.3) is 5.69 Å². The van der Waals surface area contributed by atoms with Crippen molar-refractivity contribution >= 4 is 23.2 Å². The van der Waals surface area contributed by atoms with Crippen LogP contribution >= 0.6 is 11.6 Å². The van der Waals surface area contributed by atoms with E-state index in [0.29, 0.717) is 11.3 Å². The molecular formula is C10H7ClN4O2. The van der Waals surface area contributed by atoms with Crippen LogP contribution in [0.2, 0.25) is 5.02 Å². The highest BCUT2D eigenvalue weighted by atomic mass is 35.5. The van der Waals surface area contributed by atoms with E-state index in [4.69, 9.17) is 17.3 Å². The summed E-state index contributed by atoms with van der Waals surface area (Å²) >= 11 is 5.95. The summed E-state index contributed by atoms with van der Waals surface area (Å²) in [6.07, 6.45) is 1.50. The molecule has 0 aliphatic rings. The van der Waals surface area contributed by atoms with Crippen molar-refractivity contribution < 1.29 is 4.92 Å². The van der Waals surface area contributed by atoms with E-state index in [0.717, 1.165) is 0 Å². The third-order valence-electron chi connectivity index (χ3n) is 2.11. The van der Waals surface area contributed by atoms with Gasteiger partial charge in [0, 0.05) is 23.9 Å². The molecule has 0 atom stereocenters. The lowest BCUT2D eigenvalue weighted by Crippen LogP contribution is -1.96. The molecule has 6 nitrogen and oxygen atoms in total. The van der Waals surface area contributed by atoms with Gasteiger partial charge in [-0.1, -0.05) is 11.6 Å². The maximum absolute atomic E-state index is 10.6. The zero-order chi connectivity index (χ0) is 12.4. The van der Waals surface area contributed by atoms with Gasteiger partial charge in [-0.05, 0) is 12.1 Å². The normalized spacial score (nSPS) is 10.2. The average Bonchev–Trinajstić information content (AvgIpc) is 2.28. The fourth-order valence-electron chi connectivity index (χ4n) is 1.35. The van der Waals surface area contributed by atoms with E-state index in [1.165, 1.54) is 24.4 Å². The summed E-state index contributed by atoms with van der Waals surface area (Å²) in [5, 5.41) is 10.8. The quantitative estimate of drug-likeness (QED) is 0.652. The Morgan fingerprint density at radius 3 is 2.71 bits per heavy atom. The first kappa shape index (κ1) is 11.3. The van der Waals surface area contributed by atoms with Crippen LogP contribution in [0.15, 0.2) is 30.5 Å². The summed E-state index contributed by atoms with van der Waals surface area (Å²) in [6.45, 7) is 0. The molecule has 0 spiro atoms. The van der Waals surface area contributed by atoms with Crippen LogP contribution in [0.1, 0.15) is 0 Å². The number of nitrogens with zero attached hydrogens (tertiary/aromatic N) is 3. The fourth-order valence-corrected chi connectivity index (χ4v) is 1.62. The molecule has 0 saturated heterocycles. The molecule has 0 radical (unpaired) electrons. The molecule has 0 amide bonds. The van der Waals surface area contributed by atoms with Gasteiger partial charge >= 0.3 is 0 Å². The molecular weight excluding hydrogens is 244 g/mol.